The monoisotopic (exact) mass is 609 g/mol. The van der Waals surface area contributed by atoms with Crippen LogP contribution in [-0.2, 0) is 27.9 Å². The van der Waals surface area contributed by atoms with Crippen molar-refractivity contribution in [1.82, 2.24) is 14.1 Å². The lowest BCUT2D eigenvalue weighted by molar-refractivity contribution is -0.133. The zero-order valence-corrected chi connectivity index (χ0v) is 23.9. The van der Waals surface area contributed by atoms with Gasteiger partial charge in [0.15, 0.2) is 11.5 Å². The first kappa shape index (κ1) is 28.0. The van der Waals surface area contributed by atoms with Crippen LogP contribution < -0.4 is 9.47 Å². The molecule has 1 saturated heterocycles. The summed E-state index contributed by atoms with van der Waals surface area (Å²) < 4.78 is 39.2. The zero-order valence-electron chi connectivity index (χ0n) is 20.9. The van der Waals surface area contributed by atoms with Crippen molar-refractivity contribution in [3.8, 4) is 11.5 Å². The van der Waals surface area contributed by atoms with Crippen LogP contribution in [0.1, 0.15) is 11.1 Å². The molecular formula is C27H26Cl3N3O5S. The number of hydrogen-bond donors (Lipinski definition) is 0. The third-order valence-electron chi connectivity index (χ3n) is 6.69. The van der Waals surface area contributed by atoms with Crippen LogP contribution >= 0.6 is 34.8 Å². The predicted octanol–water partition coefficient (Wildman–Crippen LogP) is 4.91. The van der Waals surface area contributed by atoms with E-state index in [1.165, 1.54) is 24.3 Å². The predicted molar refractivity (Wildman–Crippen MR) is 150 cm³/mol. The Balaban J connectivity index is 1.27. The second-order valence-corrected chi connectivity index (χ2v) is 12.5. The molecule has 206 valence electrons. The molecule has 0 bridgehead atoms. The lowest BCUT2D eigenvalue weighted by atomic mass is 10.1. The number of fused-ring (bicyclic) bond motifs is 1. The van der Waals surface area contributed by atoms with Crippen LogP contribution in [0.15, 0.2) is 65.6 Å². The van der Waals surface area contributed by atoms with Crippen molar-refractivity contribution in [2.75, 3.05) is 39.5 Å². The van der Waals surface area contributed by atoms with E-state index in [4.69, 9.17) is 44.3 Å². The molecule has 0 radical (unpaired) electrons. The van der Waals surface area contributed by atoms with Crippen LogP contribution in [0.5, 0.6) is 11.5 Å². The van der Waals surface area contributed by atoms with Crippen molar-refractivity contribution in [2.24, 2.45) is 0 Å². The topological polar surface area (TPSA) is 79.4 Å². The van der Waals surface area contributed by atoms with Crippen molar-refractivity contribution in [3.05, 3.63) is 86.9 Å². The van der Waals surface area contributed by atoms with Gasteiger partial charge in [0.1, 0.15) is 0 Å². The van der Waals surface area contributed by atoms with Gasteiger partial charge in [-0.15, -0.1) is 0 Å². The molecule has 12 heteroatoms. The summed E-state index contributed by atoms with van der Waals surface area (Å²) in [5.74, 6) is 1.21. The molecule has 0 saturated carbocycles. The van der Waals surface area contributed by atoms with Gasteiger partial charge in [0, 0.05) is 54.3 Å². The SMILES string of the molecule is O=C(CN(Cc1ccc(Cl)cc1Cl)S(=O)(=O)c1ccc(Cl)cc1)N1CCN(Cc2ccc3c(c2)OCO3)CC1. The standard InChI is InChI=1S/C27H26Cl3N3O5S/c28-21-4-6-23(7-5-21)39(35,36)33(16-20-2-3-22(29)14-24(20)30)17-27(34)32-11-9-31(10-12-32)15-19-1-8-25-26(13-19)38-18-37-25/h1-8,13-14H,9-12,15-18H2. The average Bonchev–Trinajstić information content (AvgIpc) is 3.38. The zero-order chi connectivity index (χ0) is 27.6. The maximum Gasteiger partial charge on any atom is 0.243 e. The van der Waals surface area contributed by atoms with Crippen molar-refractivity contribution >= 4 is 50.7 Å². The second kappa shape index (κ2) is 11.9. The van der Waals surface area contributed by atoms with Gasteiger partial charge in [-0.25, -0.2) is 8.42 Å². The molecule has 1 fully saturated rings. The molecule has 2 heterocycles. The number of carbonyl (C=O) groups is 1. The van der Waals surface area contributed by atoms with E-state index in [1.807, 2.05) is 18.2 Å². The number of piperazine rings is 1. The van der Waals surface area contributed by atoms with E-state index in [0.29, 0.717) is 53.4 Å². The van der Waals surface area contributed by atoms with Gasteiger partial charge in [0.05, 0.1) is 11.4 Å². The normalized spacial score (nSPS) is 15.6. The fourth-order valence-corrected chi connectivity index (χ4v) is 6.49. The minimum Gasteiger partial charge on any atom is -0.454 e. The second-order valence-electron chi connectivity index (χ2n) is 9.31. The number of amides is 1. The smallest absolute Gasteiger partial charge is 0.243 e. The Labute approximate surface area is 242 Å². The highest BCUT2D eigenvalue weighted by molar-refractivity contribution is 7.89. The van der Waals surface area contributed by atoms with Crippen LogP contribution in [0.2, 0.25) is 15.1 Å². The highest BCUT2D eigenvalue weighted by Gasteiger charge is 2.30. The Morgan fingerprint density at radius 2 is 1.54 bits per heavy atom. The first-order valence-electron chi connectivity index (χ1n) is 12.3. The number of sulfonamides is 1. The summed E-state index contributed by atoms with van der Waals surface area (Å²) in [6.07, 6.45) is 0. The van der Waals surface area contributed by atoms with Crippen LogP contribution in [0.3, 0.4) is 0 Å². The van der Waals surface area contributed by atoms with E-state index >= 15 is 0 Å². The van der Waals surface area contributed by atoms with E-state index in [2.05, 4.69) is 4.90 Å². The summed E-state index contributed by atoms with van der Waals surface area (Å²) in [4.78, 5) is 17.3. The van der Waals surface area contributed by atoms with Gasteiger partial charge in [-0.1, -0.05) is 46.9 Å². The maximum absolute atomic E-state index is 13.6. The molecule has 2 aliphatic heterocycles. The molecule has 2 aliphatic rings. The Morgan fingerprint density at radius 3 is 2.26 bits per heavy atom. The third-order valence-corrected chi connectivity index (χ3v) is 9.34. The number of hydrogen-bond acceptors (Lipinski definition) is 6. The summed E-state index contributed by atoms with van der Waals surface area (Å²) in [5, 5.41) is 1.17. The molecule has 39 heavy (non-hydrogen) atoms. The van der Waals surface area contributed by atoms with Crippen molar-refractivity contribution in [2.45, 2.75) is 18.0 Å². The molecule has 0 atom stereocenters. The van der Waals surface area contributed by atoms with Gasteiger partial charge < -0.3 is 14.4 Å². The fraction of sp³-hybridized carbons (Fsp3) is 0.296. The van der Waals surface area contributed by atoms with Crippen molar-refractivity contribution in [1.29, 1.82) is 0 Å². The number of benzene rings is 3. The van der Waals surface area contributed by atoms with Gasteiger partial charge in [-0.2, -0.15) is 4.31 Å². The lowest BCUT2D eigenvalue weighted by Crippen LogP contribution is -2.51. The molecule has 1 amide bonds. The molecule has 0 aliphatic carbocycles. The summed E-state index contributed by atoms with van der Waals surface area (Å²) >= 11 is 18.3. The number of rotatable bonds is 8. The molecule has 3 aromatic rings. The summed E-state index contributed by atoms with van der Waals surface area (Å²) in [6.45, 7) is 2.82. The van der Waals surface area contributed by atoms with E-state index in [9.17, 15) is 13.2 Å². The first-order valence-corrected chi connectivity index (χ1v) is 14.8. The van der Waals surface area contributed by atoms with Gasteiger partial charge in [-0.3, -0.25) is 9.69 Å². The molecule has 3 aromatic carbocycles. The largest absolute Gasteiger partial charge is 0.454 e. The van der Waals surface area contributed by atoms with Gasteiger partial charge in [-0.05, 0) is 59.7 Å². The van der Waals surface area contributed by atoms with Gasteiger partial charge in [0.2, 0.25) is 22.7 Å². The quantitative estimate of drug-likeness (QED) is 0.361. The van der Waals surface area contributed by atoms with Crippen molar-refractivity contribution < 1.29 is 22.7 Å². The molecule has 0 aromatic heterocycles. The number of ether oxygens (including phenoxy) is 2. The third kappa shape index (κ3) is 6.62. The molecular weight excluding hydrogens is 585 g/mol. The highest BCUT2D eigenvalue weighted by Crippen LogP contribution is 2.33. The minimum absolute atomic E-state index is 0.0401. The molecule has 0 spiro atoms. The number of carbonyl (C=O) groups excluding carboxylic acids is 1. The highest BCUT2D eigenvalue weighted by atomic mass is 35.5. The molecule has 0 N–H and O–H groups in total. The van der Waals surface area contributed by atoms with E-state index in [0.717, 1.165) is 21.4 Å². The maximum atomic E-state index is 13.6. The van der Waals surface area contributed by atoms with E-state index in [-0.39, 0.29) is 30.7 Å². The Bertz CT molecular complexity index is 1460. The Morgan fingerprint density at radius 1 is 0.846 bits per heavy atom. The first-order chi connectivity index (χ1) is 18.7. The summed E-state index contributed by atoms with van der Waals surface area (Å²) in [6, 6.07) is 16.6. The molecule has 5 rings (SSSR count). The Hall–Kier alpha value is -2.53. The van der Waals surface area contributed by atoms with Crippen LogP contribution in [0.25, 0.3) is 0 Å². The van der Waals surface area contributed by atoms with Crippen molar-refractivity contribution in [3.63, 3.8) is 0 Å². The minimum atomic E-state index is -4.03. The fourth-order valence-electron chi connectivity index (χ4n) is 4.53. The number of nitrogens with zero attached hydrogens (tertiary/aromatic N) is 3. The molecule has 8 nitrogen and oxygen atoms in total. The van der Waals surface area contributed by atoms with Gasteiger partial charge >= 0.3 is 0 Å². The lowest BCUT2D eigenvalue weighted by Gasteiger charge is -2.35. The van der Waals surface area contributed by atoms with E-state index < -0.39 is 10.0 Å². The van der Waals surface area contributed by atoms with Gasteiger partial charge in [0.25, 0.3) is 0 Å². The summed E-state index contributed by atoms with van der Waals surface area (Å²) in [7, 11) is -4.03. The van der Waals surface area contributed by atoms with Crippen LogP contribution in [0, 0.1) is 0 Å². The molecule has 0 unspecified atom stereocenters. The Kier molecular flexibility index (Phi) is 8.56. The van der Waals surface area contributed by atoms with Crippen LogP contribution in [-0.4, -0.2) is 67.9 Å². The van der Waals surface area contributed by atoms with E-state index in [1.54, 1.807) is 23.1 Å². The summed E-state index contributed by atoms with van der Waals surface area (Å²) in [5.41, 5.74) is 1.64. The average molecular weight is 611 g/mol. The van der Waals surface area contributed by atoms with Crippen LogP contribution in [0.4, 0.5) is 0 Å². The number of halogens is 3.